The van der Waals surface area contributed by atoms with Crippen LogP contribution in [0.25, 0.3) is 0 Å². The number of hydrazone groups is 1. The molecule has 0 radical (unpaired) electrons. The molecule has 1 aliphatic rings. The lowest BCUT2D eigenvalue weighted by Gasteiger charge is -2.21. The number of rotatable bonds is 3. The van der Waals surface area contributed by atoms with Crippen LogP contribution in [0.4, 0.5) is 5.69 Å². The Labute approximate surface area is 128 Å². The molecule has 0 fully saturated rings. The fourth-order valence-corrected chi connectivity index (χ4v) is 2.74. The molecule has 0 unspecified atom stereocenters. The minimum Gasteiger partial charge on any atom is -0.467 e. The lowest BCUT2D eigenvalue weighted by Crippen LogP contribution is -2.17. The van der Waals surface area contributed by atoms with Crippen LogP contribution in [0.5, 0.6) is 0 Å². The van der Waals surface area contributed by atoms with Gasteiger partial charge in [-0.1, -0.05) is 24.3 Å². The van der Waals surface area contributed by atoms with E-state index in [9.17, 15) is 0 Å². The summed E-state index contributed by atoms with van der Waals surface area (Å²) in [5.41, 5.74) is 3.14. The maximum Gasteiger partial charge on any atom is 0.128 e. The molecule has 1 aromatic carbocycles. The van der Waals surface area contributed by atoms with Crippen molar-refractivity contribution in [2.75, 3.05) is 5.01 Å². The van der Waals surface area contributed by atoms with E-state index in [2.05, 4.69) is 17.1 Å². The minimum atomic E-state index is 0.0765. The maximum absolute atomic E-state index is 5.62. The smallest absolute Gasteiger partial charge is 0.128 e. The van der Waals surface area contributed by atoms with Crippen molar-refractivity contribution in [3.05, 3.63) is 84.6 Å². The van der Waals surface area contributed by atoms with Crippen molar-refractivity contribution < 1.29 is 4.42 Å². The van der Waals surface area contributed by atoms with Gasteiger partial charge in [0, 0.05) is 24.4 Å². The standard InChI is InChI=1S/C18H15N3O/c1-2-7-15(8-3-1)21-17(18-9-5-11-22-18)12-16(20-21)14-6-4-10-19-13-14/h1-11,13,17H,12H2/t17-/m0/s1. The molecule has 1 atom stereocenters. The second kappa shape index (κ2) is 5.48. The SMILES string of the molecule is c1ccc(N2N=C(c3cccnc3)C[C@H]2c2ccco2)cc1. The summed E-state index contributed by atoms with van der Waals surface area (Å²) < 4.78 is 5.62. The number of hydrogen-bond acceptors (Lipinski definition) is 4. The summed E-state index contributed by atoms with van der Waals surface area (Å²) in [4.78, 5) is 4.19. The second-order valence-electron chi connectivity index (χ2n) is 5.20. The van der Waals surface area contributed by atoms with Gasteiger partial charge in [0.25, 0.3) is 0 Å². The van der Waals surface area contributed by atoms with E-state index in [1.54, 1.807) is 12.5 Å². The third-order valence-electron chi connectivity index (χ3n) is 3.80. The van der Waals surface area contributed by atoms with Crippen LogP contribution >= 0.6 is 0 Å². The molecule has 4 heteroatoms. The van der Waals surface area contributed by atoms with Gasteiger partial charge in [0.1, 0.15) is 11.8 Å². The number of furan rings is 1. The Kier molecular flexibility index (Phi) is 3.20. The fraction of sp³-hybridized carbons (Fsp3) is 0.111. The number of pyridine rings is 1. The molecular weight excluding hydrogens is 274 g/mol. The molecule has 22 heavy (non-hydrogen) atoms. The second-order valence-corrected chi connectivity index (χ2v) is 5.20. The first-order chi connectivity index (χ1) is 10.9. The Balaban J connectivity index is 1.75. The largest absolute Gasteiger partial charge is 0.467 e. The van der Waals surface area contributed by atoms with Crippen molar-refractivity contribution in [2.45, 2.75) is 12.5 Å². The van der Waals surface area contributed by atoms with E-state index in [-0.39, 0.29) is 6.04 Å². The van der Waals surface area contributed by atoms with Gasteiger partial charge in [-0.15, -0.1) is 0 Å². The number of benzene rings is 1. The van der Waals surface area contributed by atoms with Crippen molar-refractivity contribution in [1.29, 1.82) is 0 Å². The number of nitrogens with zero attached hydrogens (tertiary/aromatic N) is 3. The first-order valence-electron chi connectivity index (χ1n) is 7.27. The van der Waals surface area contributed by atoms with Gasteiger partial charge >= 0.3 is 0 Å². The summed E-state index contributed by atoms with van der Waals surface area (Å²) in [6, 6.07) is 18.1. The minimum absolute atomic E-state index is 0.0765. The Morgan fingerprint density at radius 3 is 2.64 bits per heavy atom. The van der Waals surface area contributed by atoms with E-state index in [0.29, 0.717) is 0 Å². The van der Waals surface area contributed by atoms with Crippen LogP contribution in [0.1, 0.15) is 23.8 Å². The predicted molar refractivity (Wildman–Crippen MR) is 85.8 cm³/mol. The molecule has 0 amide bonds. The molecule has 0 saturated carbocycles. The zero-order valence-electron chi connectivity index (χ0n) is 12.0. The van der Waals surface area contributed by atoms with E-state index in [1.807, 2.05) is 53.7 Å². The van der Waals surface area contributed by atoms with Crippen LogP contribution in [-0.2, 0) is 0 Å². The lowest BCUT2D eigenvalue weighted by molar-refractivity contribution is 0.465. The first kappa shape index (κ1) is 12.8. The van der Waals surface area contributed by atoms with Gasteiger partial charge in [0.2, 0.25) is 0 Å². The van der Waals surface area contributed by atoms with E-state index in [1.165, 1.54) is 0 Å². The van der Waals surface area contributed by atoms with Crippen molar-refractivity contribution in [2.24, 2.45) is 5.10 Å². The third-order valence-corrected chi connectivity index (χ3v) is 3.80. The Bertz CT molecular complexity index is 767. The van der Waals surface area contributed by atoms with Crippen molar-refractivity contribution in [3.8, 4) is 0 Å². The summed E-state index contributed by atoms with van der Waals surface area (Å²) in [6.45, 7) is 0. The summed E-state index contributed by atoms with van der Waals surface area (Å²) >= 11 is 0. The molecule has 2 aromatic heterocycles. The molecule has 0 bridgehead atoms. The van der Waals surface area contributed by atoms with Crippen LogP contribution in [0.3, 0.4) is 0 Å². The predicted octanol–water partition coefficient (Wildman–Crippen LogP) is 4.03. The molecular formula is C18H15N3O. The van der Waals surface area contributed by atoms with Crippen LogP contribution < -0.4 is 5.01 Å². The average molecular weight is 289 g/mol. The summed E-state index contributed by atoms with van der Waals surface area (Å²) in [7, 11) is 0. The van der Waals surface area contributed by atoms with Crippen LogP contribution in [0, 0.1) is 0 Å². The number of para-hydroxylation sites is 1. The molecule has 0 spiro atoms. The van der Waals surface area contributed by atoms with Crippen molar-refractivity contribution in [3.63, 3.8) is 0 Å². The van der Waals surface area contributed by atoms with Gasteiger partial charge in [-0.3, -0.25) is 9.99 Å². The summed E-state index contributed by atoms with van der Waals surface area (Å²) in [5, 5.41) is 6.84. The Hall–Kier alpha value is -2.88. The van der Waals surface area contributed by atoms with Gasteiger partial charge in [-0.2, -0.15) is 5.10 Å². The molecule has 1 aliphatic heterocycles. The van der Waals surface area contributed by atoms with E-state index in [0.717, 1.165) is 29.1 Å². The van der Waals surface area contributed by atoms with Gasteiger partial charge in [-0.05, 0) is 30.3 Å². The molecule has 108 valence electrons. The fourth-order valence-electron chi connectivity index (χ4n) is 2.74. The molecule has 3 aromatic rings. The van der Waals surface area contributed by atoms with Gasteiger partial charge in [0.05, 0.1) is 17.7 Å². The van der Waals surface area contributed by atoms with Gasteiger partial charge < -0.3 is 4.42 Å². The summed E-state index contributed by atoms with van der Waals surface area (Å²) in [6.07, 6.45) is 6.14. The van der Waals surface area contributed by atoms with E-state index < -0.39 is 0 Å². The monoisotopic (exact) mass is 289 g/mol. The van der Waals surface area contributed by atoms with Crippen LogP contribution in [0.2, 0.25) is 0 Å². The zero-order chi connectivity index (χ0) is 14.8. The molecule has 0 aliphatic carbocycles. The molecule has 4 nitrogen and oxygen atoms in total. The summed E-state index contributed by atoms with van der Waals surface area (Å²) in [5.74, 6) is 0.923. The maximum atomic E-state index is 5.62. The Morgan fingerprint density at radius 1 is 1.00 bits per heavy atom. The van der Waals surface area contributed by atoms with Gasteiger partial charge in [-0.25, -0.2) is 0 Å². The third kappa shape index (κ3) is 2.29. The number of hydrogen-bond donors (Lipinski definition) is 0. The van der Waals surface area contributed by atoms with E-state index in [4.69, 9.17) is 9.52 Å². The van der Waals surface area contributed by atoms with Crippen LogP contribution in [-0.4, -0.2) is 10.7 Å². The normalized spacial score (nSPS) is 17.5. The number of anilines is 1. The molecule has 4 rings (SSSR count). The molecule has 0 N–H and O–H groups in total. The zero-order valence-corrected chi connectivity index (χ0v) is 12.0. The average Bonchev–Trinajstić information content (AvgIpc) is 3.26. The topological polar surface area (TPSA) is 41.6 Å². The highest BCUT2D eigenvalue weighted by molar-refractivity contribution is 6.03. The lowest BCUT2D eigenvalue weighted by atomic mass is 10.0. The molecule has 0 saturated heterocycles. The highest BCUT2D eigenvalue weighted by Crippen LogP contribution is 2.36. The highest BCUT2D eigenvalue weighted by atomic mass is 16.3. The van der Waals surface area contributed by atoms with Crippen LogP contribution in [0.15, 0.2) is 82.8 Å². The van der Waals surface area contributed by atoms with Crippen molar-refractivity contribution in [1.82, 2.24) is 4.98 Å². The Morgan fingerprint density at radius 2 is 1.91 bits per heavy atom. The first-order valence-corrected chi connectivity index (χ1v) is 7.27. The van der Waals surface area contributed by atoms with Gasteiger partial charge in [0.15, 0.2) is 0 Å². The van der Waals surface area contributed by atoms with Crippen molar-refractivity contribution >= 4 is 11.4 Å². The highest BCUT2D eigenvalue weighted by Gasteiger charge is 2.31. The quantitative estimate of drug-likeness (QED) is 0.731. The number of aromatic nitrogens is 1. The molecule has 3 heterocycles. The van der Waals surface area contributed by atoms with E-state index >= 15 is 0 Å².